The number of thiazole rings is 1. The average Bonchev–Trinajstić information content (AvgIpc) is 3.11. The lowest BCUT2D eigenvalue weighted by molar-refractivity contribution is 0.128. The van der Waals surface area contributed by atoms with Crippen LogP contribution in [0.3, 0.4) is 0 Å². The largest absolute Gasteiger partial charge is 0.393 e. The lowest BCUT2D eigenvalue weighted by atomic mass is 9.99. The summed E-state index contributed by atoms with van der Waals surface area (Å²) in [4.78, 5) is 4.62. The molecule has 3 rings (SSSR count). The molecule has 1 saturated heterocycles. The Morgan fingerprint density at radius 1 is 1.35 bits per heavy atom. The van der Waals surface area contributed by atoms with E-state index in [9.17, 15) is 5.11 Å². The lowest BCUT2D eigenvalue weighted by Crippen LogP contribution is -2.16. The van der Waals surface area contributed by atoms with Crippen molar-refractivity contribution < 1.29 is 9.84 Å². The molecule has 0 spiro atoms. The Kier molecular flexibility index (Phi) is 4.45. The van der Waals surface area contributed by atoms with Crippen LogP contribution in [0, 0.1) is 5.92 Å². The van der Waals surface area contributed by atoms with Crippen molar-refractivity contribution in [2.45, 2.75) is 25.4 Å². The zero-order valence-corrected chi connectivity index (χ0v) is 12.2. The number of nitrogens with zero attached hydrogens (tertiary/aromatic N) is 1. The summed E-state index contributed by atoms with van der Waals surface area (Å²) in [6, 6.07) is 10.2. The van der Waals surface area contributed by atoms with Crippen LogP contribution >= 0.6 is 11.3 Å². The van der Waals surface area contributed by atoms with Crippen LogP contribution in [0.4, 0.5) is 0 Å². The number of hydrogen-bond donors (Lipinski definition) is 1. The number of hydrogen-bond acceptors (Lipinski definition) is 4. The molecule has 2 heterocycles. The van der Waals surface area contributed by atoms with E-state index in [0.717, 1.165) is 42.3 Å². The minimum atomic E-state index is -0.309. The number of aliphatic hydroxyl groups is 1. The maximum Gasteiger partial charge on any atom is 0.0958 e. The van der Waals surface area contributed by atoms with Crippen LogP contribution in [-0.2, 0) is 11.2 Å². The number of aromatic nitrogens is 1. The molecule has 20 heavy (non-hydrogen) atoms. The number of ether oxygens (including phenoxy) is 1. The van der Waals surface area contributed by atoms with E-state index in [4.69, 9.17) is 4.74 Å². The van der Waals surface area contributed by atoms with Crippen molar-refractivity contribution in [3.63, 3.8) is 0 Å². The van der Waals surface area contributed by atoms with Gasteiger partial charge in [-0.2, -0.15) is 0 Å². The summed E-state index contributed by atoms with van der Waals surface area (Å²) in [5.74, 6) is 0.513. The quantitative estimate of drug-likeness (QED) is 0.919. The van der Waals surface area contributed by atoms with E-state index in [-0.39, 0.29) is 6.10 Å². The number of aliphatic hydroxyl groups excluding tert-OH is 1. The first kappa shape index (κ1) is 13.7. The fourth-order valence-corrected chi connectivity index (χ4v) is 3.46. The molecule has 1 N–H and O–H groups in total. The number of rotatable bonds is 5. The van der Waals surface area contributed by atoms with Crippen molar-refractivity contribution in [3.8, 4) is 11.3 Å². The van der Waals surface area contributed by atoms with Gasteiger partial charge in [0.1, 0.15) is 0 Å². The van der Waals surface area contributed by atoms with Crippen LogP contribution in [0.15, 0.2) is 35.7 Å². The van der Waals surface area contributed by atoms with Gasteiger partial charge in [-0.15, -0.1) is 11.3 Å². The first-order chi connectivity index (χ1) is 9.81. The second-order valence-electron chi connectivity index (χ2n) is 5.32. The third kappa shape index (κ3) is 3.45. The fourth-order valence-electron chi connectivity index (χ4n) is 2.59. The van der Waals surface area contributed by atoms with Crippen molar-refractivity contribution in [1.82, 2.24) is 4.98 Å². The molecule has 3 nitrogen and oxygen atoms in total. The van der Waals surface area contributed by atoms with Gasteiger partial charge in [0.05, 0.1) is 16.8 Å². The summed E-state index contributed by atoms with van der Waals surface area (Å²) in [6.07, 6.45) is 2.23. The third-order valence-electron chi connectivity index (χ3n) is 3.66. The van der Waals surface area contributed by atoms with E-state index in [1.54, 1.807) is 11.3 Å². The van der Waals surface area contributed by atoms with Crippen molar-refractivity contribution in [2.75, 3.05) is 13.2 Å². The average molecular weight is 289 g/mol. The first-order valence-corrected chi connectivity index (χ1v) is 7.95. The predicted molar refractivity (Wildman–Crippen MR) is 80.8 cm³/mol. The second kappa shape index (κ2) is 6.48. The van der Waals surface area contributed by atoms with Gasteiger partial charge in [-0.1, -0.05) is 30.3 Å². The Balaban J connectivity index is 1.59. The van der Waals surface area contributed by atoms with Crippen molar-refractivity contribution in [3.05, 3.63) is 40.7 Å². The Labute approximate surface area is 123 Å². The second-order valence-corrected chi connectivity index (χ2v) is 6.26. The summed E-state index contributed by atoms with van der Waals surface area (Å²) in [5.41, 5.74) is 2.13. The highest BCUT2D eigenvalue weighted by Crippen LogP contribution is 2.24. The van der Waals surface area contributed by atoms with Crippen LogP contribution in [0.1, 0.15) is 17.8 Å². The highest BCUT2D eigenvalue weighted by molar-refractivity contribution is 7.09. The van der Waals surface area contributed by atoms with E-state index >= 15 is 0 Å². The summed E-state index contributed by atoms with van der Waals surface area (Å²) >= 11 is 1.63. The molecule has 1 aliphatic rings. The van der Waals surface area contributed by atoms with Gasteiger partial charge in [0.15, 0.2) is 0 Å². The normalized spacial score (nSPS) is 20.1. The Morgan fingerprint density at radius 2 is 2.20 bits per heavy atom. The Morgan fingerprint density at radius 3 is 2.95 bits per heavy atom. The maximum absolute atomic E-state index is 10.2. The van der Waals surface area contributed by atoms with Gasteiger partial charge >= 0.3 is 0 Å². The molecule has 2 aromatic rings. The van der Waals surface area contributed by atoms with E-state index in [1.165, 1.54) is 0 Å². The third-order valence-corrected chi connectivity index (χ3v) is 4.53. The monoisotopic (exact) mass is 289 g/mol. The van der Waals surface area contributed by atoms with Crippen molar-refractivity contribution in [1.29, 1.82) is 0 Å². The molecule has 106 valence electrons. The highest BCUT2D eigenvalue weighted by Gasteiger charge is 2.20. The molecule has 2 atom stereocenters. The predicted octanol–water partition coefficient (Wildman–Crippen LogP) is 3.14. The highest BCUT2D eigenvalue weighted by atomic mass is 32.1. The van der Waals surface area contributed by atoms with Crippen LogP contribution < -0.4 is 0 Å². The summed E-state index contributed by atoms with van der Waals surface area (Å²) < 4.78 is 5.35. The smallest absolute Gasteiger partial charge is 0.0958 e. The molecule has 1 aliphatic heterocycles. The topological polar surface area (TPSA) is 42.4 Å². The Bertz CT molecular complexity index is 534. The number of benzene rings is 1. The van der Waals surface area contributed by atoms with Crippen LogP contribution in [-0.4, -0.2) is 29.4 Å². The van der Waals surface area contributed by atoms with Crippen LogP contribution in [0.25, 0.3) is 11.3 Å². The molecule has 1 fully saturated rings. The molecule has 2 unspecified atom stereocenters. The fraction of sp³-hybridized carbons (Fsp3) is 0.438. The zero-order chi connectivity index (χ0) is 13.8. The van der Waals surface area contributed by atoms with Gasteiger partial charge in [0.25, 0.3) is 0 Å². The SMILES string of the molecule is OC(Cc1nc(-c2ccccc2)cs1)CC1CCOC1. The minimum Gasteiger partial charge on any atom is -0.393 e. The molecule has 0 amide bonds. The Hall–Kier alpha value is -1.23. The van der Waals surface area contributed by atoms with Gasteiger partial charge in [0, 0.05) is 30.6 Å². The van der Waals surface area contributed by atoms with Crippen molar-refractivity contribution >= 4 is 11.3 Å². The standard InChI is InChI=1S/C16H19NO2S/c18-14(8-12-6-7-19-10-12)9-16-17-15(11-20-16)13-4-2-1-3-5-13/h1-5,11-12,14,18H,6-10H2. The molecule has 1 aromatic heterocycles. The summed E-state index contributed by atoms with van der Waals surface area (Å²) in [6.45, 7) is 1.64. The molecule has 0 saturated carbocycles. The summed E-state index contributed by atoms with van der Waals surface area (Å²) in [5, 5.41) is 13.2. The van der Waals surface area contributed by atoms with Crippen LogP contribution in [0.5, 0.6) is 0 Å². The van der Waals surface area contributed by atoms with Gasteiger partial charge in [-0.25, -0.2) is 4.98 Å². The van der Waals surface area contributed by atoms with Gasteiger partial charge in [-0.3, -0.25) is 0 Å². The van der Waals surface area contributed by atoms with E-state index in [0.29, 0.717) is 12.3 Å². The van der Waals surface area contributed by atoms with E-state index < -0.39 is 0 Å². The molecular weight excluding hydrogens is 270 g/mol. The van der Waals surface area contributed by atoms with Crippen molar-refractivity contribution in [2.24, 2.45) is 5.92 Å². The molecule has 1 aromatic carbocycles. The molecule has 0 aliphatic carbocycles. The van der Waals surface area contributed by atoms with Crippen LogP contribution in [0.2, 0.25) is 0 Å². The first-order valence-electron chi connectivity index (χ1n) is 7.07. The summed E-state index contributed by atoms with van der Waals surface area (Å²) in [7, 11) is 0. The van der Waals surface area contributed by atoms with E-state index in [2.05, 4.69) is 22.5 Å². The van der Waals surface area contributed by atoms with Gasteiger partial charge < -0.3 is 9.84 Å². The lowest BCUT2D eigenvalue weighted by Gasteiger charge is -2.12. The van der Waals surface area contributed by atoms with Gasteiger partial charge in [0.2, 0.25) is 0 Å². The molecular formula is C16H19NO2S. The minimum absolute atomic E-state index is 0.309. The zero-order valence-electron chi connectivity index (χ0n) is 11.4. The molecule has 0 bridgehead atoms. The molecule has 4 heteroatoms. The van der Waals surface area contributed by atoms with Gasteiger partial charge in [-0.05, 0) is 18.8 Å². The molecule has 0 radical (unpaired) electrons. The van der Waals surface area contributed by atoms with E-state index in [1.807, 2.05) is 18.2 Å². The maximum atomic E-state index is 10.2.